The van der Waals surface area contributed by atoms with Crippen LogP contribution in [0.15, 0.2) is 0 Å². The molecule has 2 N–H and O–H groups in total. The normalized spacial score (nSPS) is 59.0. The van der Waals surface area contributed by atoms with E-state index in [0.717, 1.165) is 23.7 Å². The fourth-order valence-electron chi connectivity index (χ4n) is 3.57. The van der Waals surface area contributed by atoms with Gasteiger partial charge in [0.1, 0.15) is 0 Å². The van der Waals surface area contributed by atoms with Crippen LogP contribution in [0.5, 0.6) is 0 Å². The molecule has 0 spiro atoms. The number of hydrogen-bond donors (Lipinski definition) is 1. The zero-order chi connectivity index (χ0) is 8.93. The van der Waals surface area contributed by atoms with Gasteiger partial charge in [-0.05, 0) is 49.9 Å². The van der Waals surface area contributed by atoms with Crippen molar-refractivity contribution in [3.05, 3.63) is 0 Å². The Morgan fingerprint density at radius 3 is 2.58 bits per heavy atom. The second-order valence-corrected chi connectivity index (χ2v) is 5.32. The van der Waals surface area contributed by atoms with Gasteiger partial charge in [0, 0.05) is 5.54 Å². The molecule has 2 aliphatic carbocycles. The molecule has 12 heavy (non-hydrogen) atoms. The van der Waals surface area contributed by atoms with Crippen molar-refractivity contribution in [1.82, 2.24) is 0 Å². The summed E-state index contributed by atoms with van der Waals surface area (Å²) in [6.07, 6.45) is 4.13. The Hall–Kier alpha value is -0.0400. The lowest BCUT2D eigenvalue weighted by atomic mass is 9.64. The lowest BCUT2D eigenvalue weighted by Crippen LogP contribution is -2.52. The van der Waals surface area contributed by atoms with Crippen molar-refractivity contribution in [2.75, 3.05) is 0 Å². The van der Waals surface area contributed by atoms with Gasteiger partial charge in [-0.2, -0.15) is 0 Å². The molecule has 2 saturated carbocycles. The Bertz CT molecular complexity index is 185. The molecule has 0 heterocycles. The van der Waals surface area contributed by atoms with E-state index < -0.39 is 0 Å². The van der Waals surface area contributed by atoms with Gasteiger partial charge in [0.05, 0.1) is 0 Å². The molecule has 0 amide bonds. The molecule has 0 aromatic rings. The minimum Gasteiger partial charge on any atom is -0.325 e. The lowest BCUT2D eigenvalue weighted by molar-refractivity contribution is 0.0930. The van der Waals surface area contributed by atoms with E-state index in [1.807, 2.05) is 0 Å². The van der Waals surface area contributed by atoms with E-state index in [4.69, 9.17) is 5.73 Å². The van der Waals surface area contributed by atoms with Crippen molar-refractivity contribution >= 4 is 0 Å². The summed E-state index contributed by atoms with van der Waals surface area (Å²) < 4.78 is 0. The molecule has 1 heteroatoms. The van der Waals surface area contributed by atoms with Crippen LogP contribution in [0.4, 0.5) is 0 Å². The molecule has 0 aromatic heterocycles. The smallest absolute Gasteiger partial charge is 0.0185 e. The van der Waals surface area contributed by atoms with Crippen molar-refractivity contribution in [3.63, 3.8) is 0 Å². The predicted molar refractivity (Wildman–Crippen MR) is 51.8 cm³/mol. The van der Waals surface area contributed by atoms with E-state index >= 15 is 0 Å². The van der Waals surface area contributed by atoms with Crippen molar-refractivity contribution in [2.24, 2.45) is 29.4 Å². The number of fused-ring (bicyclic) bond motifs is 2. The van der Waals surface area contributed by atoms with E-state index in [1.54, 1.807) is 0 Å². The third kappa shape index (κ3) is 0.953. The monoisotopic (exact) mass is 167 g/mol. The van der Waals surface area contributed by atoms with Crippen molar-refractivity contribution in [1.29, 1.82) is 0 Å². The van der Waals surface area contributed by atoms with Crippen molar-refractivity contribution < 1.29 is 0 Å². The fourth-order valence-corrected chi connectivity index (χ4v) is 3.57. The van der Waals surface area contributed by atoms with Crippen LogP contribution in [0.25, 0.3) is 0 Å². The van der Waals surface area contributed by atoms with Crippen LogP contribution in [0.1, 0.15) is 40.0 Å². The molecule has 0 saturated heterocycles. The summed E-state index contributed by atoms with van der Waals surface area (Å²) >= 11 is 0. The Balaban J connectivity index is 2.26. The Labute approximate surface area is 75.7 Å². The molecule has 2 rings (SSSR count). The van der Waals surface area contributed by atoms with Gasteiger partial charge in [0.2, 0.25) is 0 Å². The molecule has 0 aromatic carbocycles. The van der Waals surface area contributed by atoms with Crippen molar-refractivity contribution in [3.8, 4) is 0 Å². The Morgan fingerprint density at radius 1 is 1.25 bits per heavy atom. The van der Waals surface area contributed by atoms with E-state index in [-0.39, 0.29) is 5.54 Å². The SMILES string of the molecule is CC1CC2CCC([C@H]1C)C2(C)N. The van der Waals surface area contributed by atoms with Gasteiger partial charge in [-0.15, -0.1) is 0 Å². The molecule has 1 nitrogen and oxygen atoms in total. The first kappa shape index (κ1) is 8.55. The molecular weight excluding hydrogens is 146 g/mol. The van der Waals surface area contributed by atoms with Gasteiger partial charge < -0.3 is 5.73 Å². The third-order valence-electron chi connectivity index (χ3n) is 4.69. The number of hydrogen-bond acceptors (Lipinski definition) is 1. The van der Waals surface area contributed by atoms with E-state index in [0.29, 0.717) is 0 Å². The lowest BCUT2D eigenvalue weighted by Gasteiger charge is -2.44. The highest BCUT2D eigenvalue weighted by Gasteiger charge is 2.50. The highest BCUT2D eigenvalue weighted by Crippen LogP contribution is 2.52. The molecule has 2 aliphatic rings. The molecule has 5 atom stereocenters. The minimum absolute atomic E-state index is 0.159. The molecule has 0 aliphatic heterocycles. The third-order valence-corrected chi connectivity index (χ3v) is 4.69. The van der Waals surface area contributed by atoms with Crippen LogP contribution >= 0.6 is 0 Å². The van der Waals surface area contributed by atoms with Crippen LogP contribution in [0.3, 0.4) is 0 Å². The van der Waals surface area contributed by atoms with Gasteiger partial charge >= 0.3 is 0 Å². The van der Waals surface area contributed by atoms with E-state index in [9.17, 15) is 0 Å². The molecule has 70 valence electrons. The first-order chi connectivity index (χ1) is 5.53. The summed E-state index contributed by atoms with van der Waals surface area (Å²) in [6, 6.07) is 0. The standard InChI is InChI=1S/C11H21N/c1-7-6-9-4-5-10(8(7)2)11(9,3)12/h7-10H,4-6,12H2,1-3H3/t7?,8-,9?,10?,11?/m0/s1. The predicted octanol–water partition coefficient (Wildman–Crippen LogP) is 2.41. The van der Waals surface area contributed by atoms with Crippen LogP contribution in [-0.2, 0) is 0 Å². The molecule has 2 bridgehead atoms. The van der Waals surface area contributed by atoms with Crippen LogP contribution in [0, 0.1) is 23.7 Å². The van der Waals surface area contributed by atoms with Crippen LogP contribution in [0.2, 0.25) is 0 Å². The maximum atomic E-state index is 6.38. The number of rotatable bonds is 0. The zero-order valence-electron chi connectivity index (χ0n) is 8.51. The summed E-state index contributed by atoms with van der Waals surface area (Å²) in [5.41, 5.74) is 6.54. The zero-order valence-corrected chi connectivity index (χ0v) is 8.51. The van der Waals surface area contributed by atoms with E-state index in [2.05, 4.69) is 20.8 Å². The summed E-state index contributed by atoms with van der Waals surface area (Å²) in [4.78, 5) is 0. The van der Waals surface area contributed by atoms with Gasteiger partial charge in [-0.3, -0.25) is 0 Å². The highest BCUT2D eigenvalue weighted by atomic mass is 14.8. The molecule has 0 radical (unpaired) electrons. The number of nitrogens with two attached hydrogens (primary N) is 1. The van der Waals surface area contributed by atoms with Crippen molar-refractivity contribution in [2.45, 2.75) is 45.6 Å². The fraction of sp³-hybridized carbons (Fsp3) is 1.00. The molecule has 2 fully saturated rings. The summed E-state index contributed by atoms with van der Waals surface area (Å²) in [5.74, 6) is 3.36. The first-order valence-electron chi connectivity index (χ1n) is 5.32. The van der Waals surface area contributed by atoms with Gasteiger partial charge in [-0.25, -0.2) is 0 Å². The second kappa shape index (κ2) is 2.47. The quantitative estimate of drug-likeness (QED) is 0.589. The van der Waals surface area contributed by atoms with E-state index in [1.165, 1.54) is 19.3 Å². The minimum atomic E-state index is 0.159. The van der Waals surface area contributed by atoms with Gasteiger partial charge in [-0.1, -0.05) is 13.8 Å². The summed E-state index contributed by atoms with van der Waals surface area (Å²) in [5, 5.41) is 0. The largest absolute Gasteiger partial charge is 0.325 e. The Morgan fingerprint density at radius 2 is 1.92 bits per heavy atom. The summed E-state index contributed by atoms with van der Waals surface area (Å²) in [7, 11) is 0. The van der Waals surface area contributed by atoms with Crippen LogP contribution < -0.4 is 5.73 Å². The van der Waals surface area contributed by atoms with Gasteiger partial charge in [0.15, 0.2) is 0 Å². The van der Waals surface area contributed by atoms with Crippen LogP contribution in [-0.4, -0.2) is 5.54 Å². The first-order valence-corrected chi connectivity index (χ1v) is 5.32. The summed E-state index contributed by atoms with van der Waals surface area (Å²) in [6.45, 7) is 7.06. The average Bonchev–Trinajstić information content (AvgIpc) is 2.14. The molecular formula is C11H21N. The second-order valence-electron chi connectivity index (χ2n) is 5.32. The highest BCUT2D eigenvalue weighted by molar-refractivity contribution is 5.05. The maximum Gasteiger partial charge on any atom is 0.0185 e. The average molecular weight is 167 g/mol. The Kier molecular flexibility index (Phi) is 1.76. The maximum absolute atomic E-state index is 6.38. The van der Waals surface area contributed by atoms with Gasteiger partial charge in [0.25, 0.3) is 0 Å². The topological polar surface area (TPSA) is 26.0 Å². The molecule has 4 unspecified atom stereocenters.